The predicted octanol–water partition coefficient (Wildman–Crippen LogP) is 4.86. The van der Waals surface area contributed by atoms with Crippen LogP contribution in [0.5, 0.6) is 11.5 Å². The fourth-order valence-corrected chi connectivity index (χ4v) is 5.52. The second-order valence-corrected chi connectivity index (χ2v) is 10.8. The SMILES string of the molecule is C=CC(=O)Nc1cc(N2CCN(CC)CC2)ccc1Cc1cc(N(C)C(=O)Cc2c(Cl)c(OC)cc(OC)c2Cl)ncn1. The van der Waals surface area contributed by atoms with Gasteiger partial charge in [0.25, 0.3) is 0 Å². The summed E-state index contributed by atoms with van der Waals surface area (Å²) >= 11 is 13.0. The average molecular weight is 628 g/mol. The minimum Gasteiger partial charge on any atom is -0.495 e. The molecular weight excluding hydrogens is 591 g/mol. The van der Waals surface area contributed by atoms with Crippen molar-refractivity contribution >= 4 is 52.2 Å². The molecule has 0 atom stereocenters. The fourth-order valence-electron chi connectivity index (χ4n) is 4.89. The van der Waals surface area contributed by atoms with E-state index in [1.807, 2.05) is 12.1 Å². The molecule has 2 amide bonds. The maximum absolute atomic E-state index is 13.3. The zero-order chi connectivity index (χ0) is 31.1. The van der Waals surface area contributed by atoms with Crippen LogP contribution in [0, 0.1) is 0 Å². The van der Waals surface area contributed by atoms with Crippen molar-refractivity contribution < 1.29 is 19.1 Å². The van der Waals surface area contributed by atoms with Gasteiger partial charge < -0.3 is 24.6 Å². The van der Waals surface area contributed by atoms with Crippen LogP contribution in [-0.4, -0.2) is 80.7 Å². The summed E-state index contributed by atoms with van der Waals surface area (Å²) in [6.45, 7) is 10.6. The van der Waals surface area contributed by atoms with Crippen molar-refractivity contribution in [2.45, 2.75) is 19.8 Å². The summed E-state index contributed by atoms with van der Waals surface area (Å²) < 4.78 is 10.6. The quantitative estimate of drug-likeness (QED) is 0.301. The molecule has 4 rings (SSSR count). The summed E-state index contributed by atoms with van der Waals surface area (Å²) in [4.78, 5) is 40.5. The second-order valence-electron chi connectivity index (χ2n) is 10.0. The van der Waals surface area contributed by atoms with Gasteiger partial charge in [0.2, 0.25) is 11.8 Å². The van der Waals surface area contributed by atoms with Crippen molar-refractivity contribution in [3.05, 3.63) is 76.2 Å². The van der Waals surface area contributed by atoms with Gasteiger partial charge in [-0.1, -0.05) is 42.8 Å². The summed E-state index contributed by atoms with van der Waals surface area (Å²) in [7, 11) is 4.57. The number of piperazine rings is 1. The normalized spacial score (nSPS) is 13.4. The highest BCUT2D eigenvalue weighted by Crippen LogP contribution is 2.40. The standard InChI is InChI=1S/C31H36Cl2N6O4/c1-6-28(40)36-24-16-22(39-12-10-38(7-2)11-13-39)9-8-20(24)14-21-15-27(35-19-34-21)37(3)29(41)17-23-30(32)25(42-4)18-26(43-5)31(23)33/h6,8-9,15-16,18-19H,1,7,10-14,17H2,2-5H3,(H,36,40). The number of nitrogens with zero attached hydrogens (tertiary/aromatic N) is 5. The first-order valence-electron chi connectivity index (χ1n) is 13.9. The molecule has 12 heteroatoms. The summed E-state index contributed by atoms with van der Waals surface area (Å²) in [5.74, 6) is 0.515. The minimum absolute atomic E-state index is 0.104. The summed E-state index contributed by atoms with van der Waals surface area (Å²) in [5.41, 5.74) is 3.65. The van der Waals surface area contributed by atoms with Gasteiger partial charge in [0.05, 0.1) is 36.4 Å². The molecule has 1 aromatic heterocycles. The molecule has 0 saturated carbocycles. The van der Waals surface area contributed by atoms with Crippen molar-refractivity contribution in [2.24, 2.45) is 0 Å². The van der Waals surface area contributed by atoms with Gasteiger partial charge >= 0.3 is 0 Å². The van der Waals surface area contributed by atoms with Crippen molar-refractivity contribution in [3.8, 4) is 11.5 Å². The monoisotopic (exact) mass is 626 g/mol. The first-order valence-corrected chi connectivity index (χ1v) is 14.6. The zero-order valence-corrected chi connectivity index (χ0v) is 26.3. The lowest BCUT2D eigenvalue weighted by molar-refractivity contribution is -0.117. The van der Waals surface area contributed by atoms with E-state index in [1.165, 1.54) is 31.5 Å². The number of likely N-dealkylation sites (N-methyl/N-ethyl adjacent to an activating group) is 2. The molecule has 1 fully saturated rings. The van der Waals surface area contributed by atoms with Gasteiger partial charge in [-0.05, 0) is 30.3 Å². The van der Waals surface area contributed by atoms with Crippen LogP contribution in [0.1, 0.15) is 23.7 Å². The maximum Gasteiger partial charge on any atom is 0.247 e. The molecule has 43 heavy (non-hydrogen) atoms. The third-order valence-corrected chi connectivity index (χ3v) is 8.34. The van der Waals surface area contributed by atoms with Crippen LogP contribution < -0.4 is 24.6 Å². The Morgan fingerprint density at radius 2 is 1.72 bits per heavy atom. The molecule has 0 aliphatic carbocycles. The molecule has 1 N–H and O–H groups in total. The number of carbonyl (C=O) groups is 2. The lowest BCUT2D eigenvalue weighted by atomic mass is 10.0. The highest BCUT2D eigenvalue weighted by Gasteiger charge is 2.23. The van der Waals surface area contributed by atoms with Gasteiger partial charge in [-0.2, -0.15) is 0 Å². The highest BCUT2D eigenvalue weighted by molar-refractivity contribution is 6.38. The lowest BCUT2D eigenvalue weighted by Crippen LogP contribution is -2.46. The number of anilines is 3. The molecule has 10 nitrogen and oxygen atoms in total. The molecular formula is C31H36Cl2N6O4. The van der Waals surface area contributed by atoms with Crippen LogP contribution in [-0.2, 0) is 22.4 Å². The largest absolute Gasteiger partial charge is 0.495 e. The van der Waals surface area contributed by atoms with Gasteiger partial charge in [0, 0.05) is 68.7 Å². The third kappa shape index (κ3) is 7.57. The topological polar surface area (TPSA) is 100 Å². The van der Waals surface area contributed by atoms with Gasteiger partial charge in [-0.25, -0.2) is 9.97 Å². The van der Waals surface area contributed by atoms with Gasteiger partial charge in [0.1, 0.15) is 23.6 Å². The smallest absolute Gasteiger partial charge is 0.247 e. The first-order chi connectivity index (χ1) is 20.7. The molecule has 0 radical (unpaired) electrons. The number of amides is 2. The Hall–Kier alpha value is -3.86. The van der Waals surface area contributed by atoms with Crippen molar-refractivity contribution in [1.29, 1.82) is 0 Å². The Kier molecular flexibility index (Phi) is 10.8. The Labute approximate surface area is 262 Å². The van der Waals surface area contributed by atoms with Crippen LogP contribution in [0.25, 0.3) is 0 Å². The Morgan fingerprint density at radius 3 is 2.33 bits per heavy atom. The summed E-state index contributed by atoms with van der Waals surface area (Å²) in [5, 5.41) is 3.42. The van der Waals surface area contributed by atoms with Crippen LogP contribution in [0.3, 0.4) is 0 Å². The van der Waals surface area contributed by atoms with Crippen molar-refractivity contribution in [2.75, 3.05) is 69.1 Å². The zero-order valence-electron chi connectivity index (χ0n) is 24.8. The van der Waals surface area contributed by atoms with Gasteiger partial charge in [-0.3, -0.25) is 14.5 Å². The van der Waals surface area contributed by atoms with E-state index in [0.717, 1.165) is 44.0 Å². The number of nitrogens with one attached hydrogen (secondary N) is 1. The van der Waals surface area contributed by atoms with Crippen LogP contribution in [0.15, 0.2) is 49.3 Å². The molecule has 3 aromatic rings. The van der Waals surface area contributed by atoms with Crippen LogP contribution in [0.4, 0.5) is 17.2 Å². The van der Waals surface area contributed by atoms with E-state index >= 15 is 0 Å². The molecule has 2 aromatic carbocycles. The lowest BCUT2D eigenvalue weighted by Gasteiger charge is -2.35. The molecule has 228 valence electrons. The Bertz CT molecular complexity index is 1470. The number of halogens is 2. The molecule has 1 saturated heterocycles. The molecule has 1 aliphatic rings. The number of methoxy groups -OCH3 is 2. The van der Waals surface area contributed by atoms with E-state index in [0.29, 0.717) is 40.7 Å². The highest BCUT2D eigenvalue weighted by atomic mass is 35.5. The van der Waals surface area contributed by atoms with Gasteiger partial charge in [-0.15, -0.1) is 0 Å². The Morgan fingerprint density at radius 1 is 1.05 bits per heavy atom. The molecule has 0 bridgehead atoms. The number of aromatic nitrogens is 2. The van der Waals surface area contributed by atoms with E-state index in [2.05, 4.69) is 44.7 Å². The van der Waals surface area contributed by atoms with E-state index in [9.17, 15) is 9.59 Å². The van der Waals surface area contributed by atoms with Gasteiger partial charge in [0.15, 0.2) is 0 Å². The average Bonchev–Trinajstić information content (AvgIpc) is 3.03. The molecule has 1 aliphatic heterocycles. The fraction of sp³-hybridized carbons (Fsp3) is 0.355. The van der Waals surface area contributed by atoms with E-state index in [-0.39, 0.29) is 28.3 Å². The van der Waals surface area contributed by atoms with E-state index in [4.69, 9.17) is 32.7 Å². The first kappa shape index (κ1) is 32.1. The number of ether oxygens (including phenoxy) is 2. The van der Waals surface area contributed by atoms with Crippen molar-refractivity contribution in [3.63, 3.8) is 0 Å². The number of hydrogen-bond acceptors (Lipinski definition) is 8. The third-order valence-electron chi connectivity index (χ3n) is 7.51. The molecule has 2 heterocycles. The summed E-state index contributed by atoms with van der Waals surface area (Å²) in [6.07, 6.45) is 2.95. The minimum atomic E-state index is -0.297. The number of hydrogen-bond donors (Lipinski definition) is 1. The van der Waals surface area contributed by atoms with Crippen molar-refractivity contribution in [1.82, 2.24) is 14.9 Å². The van der Waals surface area contributed by atoms with E-state index < -0.39 is 0 Å². The van der Waals surface area contributed by atoms with Crippen LogP contribution >= 0.6 is 23.2 Å². The van der Waals surface area contributed by atoms with E-state index in [1.54, 1.807) is 19.2 Å². The maximum atomic E-state index is 13.3. The number of rotatable bonds is 11. The Balaban J connectivity index is 1.55. The number of carbonyl (C=O) groups excluding carboxylic acids is 2. The molecule has 0 unspecified atom stereocenters. The predicted molar refractivity (Wildman–Crippen MR) is 171 cm³/mol. The summed E-state index contributed by atoms with van der Waals surface area (Å²) in [6, 6.07) is 9.37. The molecule has 0 spiro atoms. The number of benzene rings is 2. The second kappa shape index (κ2) is 14.5. The van der Waals surface area contributed by atoms with Crippen LogP contribution in [0.2, 0.25) is 10.0 Å².